The van der Waals surface area contributed by atoms with Gasteiger partial charge in [-0.15, -0.1) is 0 Å². The number of allylic oxidation sites excluding steroid dienone is 2. The molecule has 22 heavy (non-hydrogen) atoms. The van der Waals surface area contributed by atoms with Gasteiger partial charge in [0.1, 0.15) is 0 Å². The van der Waals surface area contributed by atoms with Gasteiger partial charge in [-0.25, -0.2) is 0 Å². The van der Waals surface area contributed by atoms with Crippen LogP contribution in [0.1, 0.15) is 104 Å². The summed E-state index contributed by atoms with van der Waals surface area (Å²) in [6.45, 7) is 5.77. The van der Waals surface area contributed by atoms with Gasteiger partial charge in [-0.2, -0.15) is 0 Å². The highest BCUT2D eigenvalue weighted by Crippen LogP contribution is 2.12. The molecule has 0 fully saturated rings. The zero-order valence-electron chi connectivity index (χ0n) is 15.4. The van der Waals surface area contributed by atoms with Crippen LogP contribution in [0.3, 0.4) is 0 Å². The van der Waals surface area contributed by atoms with Crippen molar-refractivity contribution in [1.29, 1.82) is 0 Å². The number of rotatable bonds is 16. The van der Waals surface area contributed by atoms with Crippen LogP contribution in [0.5, 0.6) is 0 Å². The van der Waals surface area contributed by atoms with Gasteiger partial charge in [0.15, 0.2) is 0 Å². The molecule has 0 saturated heterocycles. The van der Waals surface area contributed by atoms with Gasteiger partial charge >= 0.3 is 0 Å². The minimum Gasteiger partial charge on any atom is -1.00 e. The second-order valence-corrected chi connectivity index (χ2v) is 6.97. The summed E-state index contributed by atoms with van der Waals surface area (Å²) in [4.78, 5) is 0. The lowest BCUT2D eigenvalue weighted by molar-refractivity contribution is -0.368. The fourth-order valence-corrected chi connectivity index (χ4v) is 2.73. The van der Waals surface area contributed by atoms with Crippen LogP contribution in [-0.2, 0) is 0 Å². The number of halogens is 1. The molecule has 0 atom stereocenters. The van der Waals surface area contributed by atoms with E-state index in [9.17, 15) is 0 Å². The van der Waals surface area contributed by atoms with Crippen molar-refractivity contribution in [3.63, 3.8) is 0 Å². The predicted molar refractivity (Wildman–Crippen MR) is 96.4 cm³/mol. The van der Waals surface area contributed by atoms with Crippen molar-refractivity contribution in [3.8, 4) is 0 Å². The van der Waals surface area contributed by atoms with Gasteiger partial charge in [0.2, 0.25) is 0 Å². The molecular weight excluding hydrogens is 290 g/mol. The first-order chi connectivity index (χ1) is 10.3. The Morgan fingerprint density at radius 2 is 1.05 bits per heavy atom. The van der Waals surface area contributed by atoms with Crippen LogP contribution in [0.15, 0.2) is 12.2 Å². The molecule has 0 aromatic carbocycles. The number of quaternary nitrogens is 1. The van der Waals surface area contributed by atoms with E-state index in [2.05, 4.69) is 31.7 Å². The first kappa shape index (κ1) is 24.2. The Morgan fingerprint density at radius 3 is 1.50 bits per heavy atom. The van der Waals surface area contributed by atoms with Gasteiger partial charge in [0.05, 0.1) is 6.54 Å². The maximum Gasteiger partial charge on any atom is 0.0739 e. The van der Waals surface area contributed by atoms with Crippen molar-refractivity contribution < 1.29 is 18.1 Å². The number of unbranched alkanes of at least 4 members (excludes halogenated alkanes) is 11. The van der Waals surface area contributed by atoms with Crippen LogP contribution < -0.4 is 18.1 Å². The standard InChI is InChI=1S/C20H41N.ClH/c1-20(2)18-16-14-12-10-8-6-4-3-5-7-9-11-13-15-17-19-21;/h3-4,20H,5-19,21H2,1-2H3;1H. The van der Waals surface area contributed by atoms with Crippen LogP contribution in [0.25, 0.3) is 0 Å². The first-order valence-electron chi connectivity index (χ1n) is 9.71. The van der Waals surface area contributed by atoms with E-state index >= 15 is 0 Å². The van der Waals surface area contributed by atoms with E-state index < -0.39 is 0 Å². The number of hydrogen-bond donors (Lipinski definition) is 1. The van der Waals surface area contributed by atoms with E-state index in [4.69, 9.17) is 0 Å². The molecule has 0 aliphatic rings. The van der Waals surface area contributed by atoms with Gasteiger partial charge < -0.3 is 18.1 Å². The molecule has 0 amide bonds. The Hall–Kier alpha value is -0.0100. The van der Waals surface area contributed by atoms with Crippen LogP contribution in [-0.4, -0.2) is 6.54 Å². The third-order valence-electron chi connectivity index (χ3n) is 4.19. The van der Waals surface area contributed by atoms with Gasteiger partial charge in [-0.1, -0.05) is 77.4 Å². The molecule has 134 valence electrons. The molecule has 2 heteroatoms. The Labute approximate surface area is 146 Å². The molecule has 0 aromatic rings. The molecule has 0 aromatic heterocycles. The summed E-state index contributed by atoms with van der Waals surface area (Å²) in [5, 5.41) is 0. The zero-order chi connectivity index (χ0) is 15.6. The monoisotopic (exact) mass is 331 g/mol. The highest BCUT2D eigenvalue weighted by atomic mass is 35.5. The molecule has 0 saturated carbocycles. The summed E-state index contributed by atoms with van der Waals surface area (Å²) in [6, 6.07) is 0. The quantitative estimate of drug-likeness (QED) is 0.333. The molecule has 1 nitrogen and oxygen atoms in total. The zero-order valence-corrected chi connectivity index (χ0v) is 16.2. The number of hydrogen-bond acceptors (Lipinski definition) is 0. The average molecular weight is 332 g/mol. The van der Waals surface area contributed by atoms with Crippen LogP contribution in [0.2, 0.25) is 0 Å². The molecule has 0 bridgehead atoms. The second kappa shape index (κ2) is 21.0. The van der Waals surface area contributed by atoms with E-state index in [-0.39, 0.29) is 12.4 Å². The second-order valence-electron chi connectivity index (χ2n) is 6.97. The van der Waals surface area contributed by atoms with Gasteiger partial charge in [0.25, 0.3) is 0 Å². The predicted octanol–water partition coefficient (Wildman–Crippen LogP) is 2.91. The molecule has 3 N–H and O–H groups in total. The van der Waals surface area contributed by atoms with Crippen LogP contribution in [0.4, 0.5) is 0 Å². The molecule has 0 radical (unpaired) electrons. The molecule has 0 aliphatic heterocycles. The Morgan fingerprint density at radius 1 is 0.636 bits per heavy atom. The van der Waals surface area contributed by atoms with Gasteiger partial charge in [-0.3, -0.25) is 0 Å². The van der Waals surface area contributed by atoms with E-state index in [0.717, 1.165) is 12.5 Å². The SMILES string of the molecule is CC(C)CCCCCCCC=CCCCCCCCC[NH3+].[Cl-]. The summed E-state index contributed by atoms with van der Waals surface area (Å²) < 4.78 is 0. The molecule has 0 rings (SSSR count). The first-order valence-corrected chi connectivity index (χ1v) is 9.71. The van der Waals surface area contributed by atoms with Crippen molar-refractivity contribution in [2.75, 3.05) is 6.54 Å². The lowest BCUT2D eigenvalue weighted by Gasteiger charge is -2.03. The molecular formula is C20H42ClN. The lowest BCUT2D eigenvalue weighted by Crippen LogP contribution is -3.00. The molecule has 0 spiro atoms. The van der Waals surface area contributed by atoms with Crippen molar-refractivity contribution >= 4 is 0 Å². The summed E-state index contributed by atoms with van der Waals surface area (Å²) in [5.41, 5.74) is 3.89. The van der Waals surface area contributed by atoms with E-state index in [1.807, 2.05) is 0 Å². The lowest BCUT2D eigenvalue weighted by atomic mass is 10.0. The third-order valence-corrected chi connectivity index (χ3v) is 4.19. The summed E-state index contributed by atoms with van der Waals surface area (Å²) in [7, 11) is 0. The van der Waals surface area contributed by atoms with Crippen molar-refractivity contribution in [3.05, 3.63) is 12.2 Å². The van der Waals surface area contributed by atoms with Crippen LogP contribution >= 0.6 is 0 Å². The summed E-state index contributed by atoms with van der Waals surface area (Å²) in [6.07, 6.45) is 24.3. The van der Waals surface area contributed by atoms with Gasteiger partial charge in [-0.05, 0) is 44.4 Å². The van der Waals surface area contributed by atoms with Crippen LogP contribution in [0, 0.1) is 5.92 Å². The summed E-state index contributed by atoms with van der Waals surface area (Å²) in [5.74, 6) is 0.886. The van der Waals surface area contributed by atoms with Crippen molar-refractivity contribution in [1.82, 2.24) is 0 Å². The Bertz CT molecular complexity index is 214. The minimum absolute atomic E-state index is 0. The highest BCUT2D eigenvalue weighted by molar-refractivity contribution is 4.81. The molecule has 0 unspecified atom stereocenters. The normalized spacial score (nSPS) is 11.3. The van der Waals surface area contributed by atoms with Crippen molar-refractivity contribution in [2.45, 2.75) is 104 Å². The van der Waals surface area contributed by atoms with Gasteiger partial charge in [0, 0.05) is 0 Å². The fourth-order valence-electron chi connectivity index (χ4n) is 2.73. The average Bonchev–Trinajstić information content (AvgIpc) is 2.46. The molecule has 0 heterocycles. The Kier molecular flexibility index (Phi) is 23.1. The van der Waals surface area contributed by atoms with E-state index in [1.54, 1.807) is 0 Å². The Balaban J connectivity index is 0. The maximum atomic E-state index is 3.89. The largest absolute Gasteiger partial charge is 1.00 e. The minimum atomic E-state index is 0. The third kappa shape index (κ3) is 22.3. The highest BCUT2D eigenvalue weighted by Gasteiger charge is 1.94. The summed E-state index contributed by atoms with van der Waals surface area (Å²) >= 11 is 0. The fraction of sp³-hybridized carbons (Fsp3) is 0.900. The van der Waals surface area contributed by atoms with Crippen molar-refractivity contribution in [2.24, 2.45) is 5.92 Å². The topological polar surface area (TPSA) is 27.6 Å². The van der Waals surface area contributed by atoms with E-state index in [1.165, 1.54) is 89.9 Å². The molecule has 0 aliphatic carbocycles. The van der Waals surface area contributed by atoms with E-state index in [0.29, 0.717) is 0 Å². The smallest absolute Gasteiger partial charge is 0.0739 e. The maximum absolute atomic E-state index is 3.89.